The second-order valence-electron chi connectivity index (χ2n) is 6.44. The number of aromatic nitrogens is 2. The second-order valence-corrected chi connectivity index (χ2v) is 6.44. The lowest BCUT2D eigenvalue weighted by molar-refractivity contribution is -0.133. The highest BCUT2D eigenvalue weighted by atomic mass is 16.5. The minimum absolute atomic E-state index is 0.0422. The van der Waals surface area contributed by atoms with Gasteiger partial charge in [-0.3, -0.25) is 4.79 Å². The molecule has 130 valence electrons. The standard InChI is InChI=1S/C17H30N4O2/c1-5-8-15-19-17(23-20-15)12(4)18-14-9-10-21(16(22)7-3)11-13(14)6-2/h12-14,18H,5-11H2,1-4H3/t12-,13+,14-/m0/s1. The van der Waals surface area contributed by atoms with Gasteiger partial charge in [-0.25, -0.2) is 0 Å². The van der Waals surface area contributed by atoms with E-state index in [2.05, 4.69) is 36.2 Å². The second kappa shape index (κ2) is 8.43. The van der Waals surface area contributed by atoms with E-state index in [4.69, 9.17) is 4.52 Å². The van der Waals surface area contributed by atoms with Crippen LogP contribution in [0.15, 0.2) is 4.52 Å². The molecule has 1 aromatic rings. The van der Waals surface area contributed by atoms with E-state index in [1.54, 1.807) is 0 Å². The first kappa shape index (κ1) is 17.9. The van der Waals surface area contributed by atoms with Gasteiger partial charge in [0, 0.05) is 32.0 Å². The van der Waals surface area contributed by atoms with Crippen LogP contribution in [0.5, 0.6) is 0 Å². The Morgan fingerprint density at radius 2 is 2.22 bits per heavy atom. The van der Waals surface area contributed by atoms with Gasteiger partial charge in [0.15, 0.2) is 5.82 Å². The van der Waals surface area contributed by atoms with Gasteiger partial charge in [-0.1, -0.05) is 32.3 Å². The topological polar surface area (TPSA) is 71.3 Å². The van der Waals surface area contributed by atoms with Crippen molar-refractivity contribution in [3.63, 3.8) is 0 Å². The summed E-state index contributed by atoms with van der Waals surface area (Å²) >= 11 is 0. The number of likely N-dealkylation sites (tertiary alicyclic amines) is 1. The molecule has 0 spiro atoms. The number of hydrogen-bond donors (Lipinski definition) is 1. The van der Waals surface area contributed by atoms with Crippen molar-refractivity contribution in [2.45, 2.75) is 71.9 Å². The van der Waals surface area contributed by atoms with Crippen molar-refractivity contribution >= 4 is 5.91 Å². The fraction of sp³-hybridized carbons (Fsp3) is 0.824. The predicted octanol–water partition coefficient (Wildman–Crippen LogP) is 2.71. The molecule has 1 saturated heterocycles. The normalized spacial score (nSPS) is 23.0. The van der Waals surface area contributed by atoms with E-state index >= 15 is 0 Å². The summed E-state index contributed by atoms with van der Waals surface area (Å²) in [5.41, 5.74) is 0. The van der Waals surface area contributed by atoms with Gasteiger partial charge < -0.3 is 14.7 Å². The zero-order chi connectivity index (χ0) is 16.8. The van der Waals surface area contributed by atoms with E-state index in [0.717, 1.165) is 44.6 Å². The summed E-state index contributed by atoms with van der Waals surface area (Å²) in [6.07, 6.45) is 4.49. The van der Waals surface area contributed by atoms with Gasteiger partial charge in [0.1, 0.15) is 0 Å². The SMILES string of the molecule is CCCc1noc([C@H](C)N[C@H]2CCN(C(=O)CC)C[C@H]2CC)n1. The summed E-state index contributed by atoms with van der Waals surface area (Å²) in [7, 11) is 0. The molecule has 1 aromatic heterocycles. The molecule has 2 heterocycles. The van der Waals surface area contributed by atoms with E-state index in [1.165, 1.54) is 0 Å². The molecule has 0 aliphatic carbocycles. The number of carbonyl (C=O) groups excluding carboxylic acids is 1. The molecule has 0 saturated carbocycles. The third kappa shape index (κ3) is 4.53. The summed E-state index contributed by atoms with van der Waals surface area (Å²) in [6.45, 7) is 9.97. The number of rotatable bonds is 7. The third-order valence-electron chi connectivity index (χ3n) is 4.71. The first-order valence-corrected chi connectivity index (χ1v) is 8.95. The summed E-state index contributed by atoms with van der Waals surface area (Å²) in [5, 5.41) is 7.66. The van der Waals surface area contributed by atoms with E-state index in [0.29, 0.717) is 24.3 Å². The largest absolute Gasteiger partial charge is 0.342 e. The summed E-state index contributed by atoms with van der Waals surface area (Å²) in [5.74, 6) is 2.18. The summed E-state index contributed by atoms with van der Waals surface area (Å²) in [4.78, 5) is 18.4. The number of aryl methyl sites for hydroxylation is 1. The highest BCUT2D eigenvalue weighted by molar-refractivity contribution is 5.75. The molecule has 0 unspecified atom stereocenters. The minimum atomic E-state index is 0.0422. The van der Waals surface area contributed by atoms with Gasteiger partial charge in [-0.15, -0.1) is 0 Å². The molecule has 6 nitrogen and oxygen atoms in total. The zero-order valence-corrected chi connectivity index (χ0v) is 14.8. The highest BCUT2D eigenvalue weighted by Crippen LogP contribution is 2.23. The maximum absolute atomic E-state index is 11.9. The van der Waals surface area contributed by atoms with E-state index < -0.39 is 0 Å². The van der Waals surface area contributed by atoms with Crippen molar-refractivity contribution in [1.29, 1.82) is 0 Å². The first-order chi connectivity index (χ1) is 11.1. The number of carbonyl (C=O) groups is 1. The Kier molecular flexibility index (Phi) is 6.57. The number of amides is 1. The maximum atomic E-state index is 11.9. The molecule has 1 fully saturated rings. The molecule has 1 amide bonds. The molecular formula is C17H30N4O2. The predicted molar refractivity (Wildman–Crippen MR) is 88.9 cm³/mol. The smallest absolute Gasteiger partial charge is 0.243 e. The van der Waals surface area contributed by atoms with Crippen LogP contribution >= 0.6 is 0 Å². The van der Waals surface area contributed by atoms with Gasteiger partial charge in [-0.05, 0) is 25.7 Å². The molecule has 3 atom stereocenters. The fourth-order valence-electron chi connectivity index (χ4n) is 3.28. The molecular weight excluding hydrogens is 292 g/mol. The van der Waals surface area contributed by atoms with Crippen LogP contribution in [0.3, 0.4) is 0 Å². The van der Waals surface area contributed by atoms with Crippen LogP contribution in [0.2, 0.25) is 0 Å². The lowest BCUT2D eigenvalue weighted by Crippen LogP contribution is -2.51. The Morgan fingerprint density at radius 1 is 1.43 bits per heavy atom. The van der Waals surface area contributed by atoms with Crippen LogP contribution in [-0.4, -0.2) is 40.1 Å². The first-order valence-electron chi connectivity index (χ1n) is 8.95. The number of nitrogens with one attached hydrogen (secondary N) is 1. The van der Waals surface area contributed by atoms with Crippen LogP contribution in [0, 0.1) is 5.92 Å². The van der Waals surface area contributed by atoms with Crippen molar-refractivity contribution in [1.82, 2.24) is 20.4 Å². The van der Waals surface area contributed by atoms with Crippen LogP contribution in [0.1, 0.15) is 71.1 Å². The van der Waals surface area contributed by atoms with Gasteiger partial charge in [-0.2, -0.15) is 4.98 Å². The zero-order valence-electron chi connectivity index (χ0n) is 14.8. The summed E-state index contributed by atoms with van der Waals surface area (Å²) in [6, 6.07) is 0.429. The van der Waals surface area contributed by atoms with E-state index in [1.807, 2.05) is 11.8 Å². The molecule has 0 bridgehead atoms. The van der Waals surface area contributed by atoms with Crippen molar-refractivity contribution in [2.75, 3.05) is 13.1 Å². The van der Waals surface area contributed by atoms with Gasteiger partial charge in [0.05, 0.1) is 6.04 Å². The molecule has 0 aromatic carbocycles. The monoisotopic (exact) mass is 322 g/mol. The van der Waals surface area contributed by atoms with Crippen molar-refractivity contribution in [3.8, 4) is 0 Å². The average molecular weight is 322 g/mol. The molecule has 1 aliphatic rings. The molecule has 1 aliphatic heterocycles. The number of hydrogen-bond acceptors (Lipinski definition) is 5. The lowest BCUT2D eigenvalue weighted by Gasteiger charge is -2.39. The summed E-state index contributed by atoms with van der Waals surface area (Å²) < 4.78 is 5.38. The molecule has 23 heavy (non-hydrogen) atoms. The molecule has 1 N–H and O–H groups in total. The van der Waals surface area contributed by atoms with Gasteiger partial charge in [0.2, 0.25) is 11.8 Å². The van der Waals surface area contributed by atoms with Gasteiger partial charge >= 0.3 is 0 Å². The Balaban J connectivity index is 1.94. The Hall–Kier alpha value is -1.43. The van der Waals surface area contributed by atoms with E-state index in [-0.39, 0.29) is 11.9 Å². The Morgan fingerprint density at radius 3 is 2.87 bits per heavy atom. The van der Waals surface area contributed by atoms with Crippen LogP contribution in [0.25, 0.3) is 0 Å². The molecule has 6 heteroatoms. The fourth-order valence-corrected chi connectivity index (χ4v) is 3.28. The number of nitrogens with zero attached hydrogens (tertiary/aromatic N) is 3. The molecule has 0 radical (unpaired) electrons. The van der Waals surface area contributed by atoms with Crippen LogP contribution < -0.4 is 5.32 Å². The van der Waals surface area contributed by atoms with E-state index in [9.17, 15) is 4.79 Å². The molecule has 2 rings (SSSR count). The highest BCUT2D eigenvalue weighted by Gasteiger charge is 2.31. The van der Waals surface area contributed by atoms with Gasteiger partial charge in [0.25, 0.3) is 0 Å². The maximum Gasteiger partial charge on any atom is 0.243 e. The Bertz CT molecular complexity index is 503. The van der Waals surface area contributed by atoms with Crippen LogP contribution in [-0.2, 0) is 11.2 Å². The van der Waals surface area contributed by atoms with Crippen molar-refractivity contribution in [2.24, 2.45) is 5.92 Å². The minimum Gasteiger partial charge on any atom is -0.342 e. The quantitative estimate of drug-likeness (QED) is 0.835. The van der Waals surface area contributed by atoms with Crippen molar-refractivity contribution < 1.29 is 9.32 Å². The third-order valence-corrected chi connectivity index (χ3v) is 4.71. The number of piperidine rings is 1. The lowest BCUT2D eigenvalue weighted by atomic mass is 9.89. The van der Waals surface area contributed by atoms with Crippen molar-refractivity contribution in [3.05, 3.63) is 11.7 Å². The average Bonchev–Trinajstić information content (AvgIpc) is 3.03. The Labute approximate surface area is 139 Å². The van der Waals surface area contributed by atoms with Crippen LogP contribution in [0.4, 0.5) is 0 Å².